The number of hydrogen-bond donors (Lipinski definition) is 7. The SMILES string of the molecule is N[C@@H](CCC(=O)O)C(O)(P(=O)(O)O)P(=O)(O)O. The van der Waals surface area contributed by atoms with E-state index in [9.17, 15) is 19.0 Å². The van der Waals surface area contributed by atoms with Crippen molar-refractivity contribution in [3.63, 3.8) is 0 Å². The van der Waals surface area contributed by atoms with Crippen molar-refractivity contribution >= 4 is 21.2 Å². The van der Waals surface area contributed by atoms with Gasteiger partial charge in [-0.2, -0.15) is 0 Å². The van der Waals surface area contributed by atoms with E-state index in [4.69, 9.17) is 30.4 Å². The fourth-order valence-corrected chi connectivity index (χ4v) is 3.55. The van der Waals surface area contributed by atoms with Crippen molar-refractivity contribution in [2.75, 3.05) is 0 Å². The number of rotatable bonds is 6. The lowest BCUT2D eigenvalue weighted by molar-refractivity contribution is -0.137. The quantitative estimate of drug-likeness (QED) is 0.273. The zero-order valence-electron chi connectivity index (χ0n) is 8.37. The van der Waals surface area contributed by atoms with Crippen LogP contribution in [0.25, 0.3) is 0 Å². The molecule has 0 saturated carbocycles. The van der Waals surface area contributed by atoms with Crippen LogP contribution in [0.15, 0.2) is 0 Å². The summed E-state index contributed by atoms with van der Waals surface area (Å²) in [5.41, 5.74) is 5.07. The van der Waals surface area contributed by atoms with Gasteiger partial charge in [0.1, 0.15) is 0 Å². The number of aliphatic carboxylic acids is 1. The van der Waals surface area contributed by atoms with E-state index in [-0.39, 0.29) is 0 Å². The van der Waals surface area contributed by atoms with Crippen LogP contribution in [0.1, 0.15) is 12.8 Å². The molecule has 0 aliphatic heterocycles. The Morgan fingerprint density at radius 3 is 1.76 bits per heavy atom. The summed E-state index contributed by atoms with van der Waals surface area (Å²) < 4.78 is 21.8. The van der Waals surface area contributed by atoms with Crippen LogP contribution in [-0.2, 0) is 13.9 Å². The van der Waals surface area contributed by atoms with Crippen LogP contribution in [0.2, 0.25) is 0 Å². The Kier molecular flexibility index (Phi) is 5.04. The number of carboxylic acid groups (broad SMARTS) is 1. The summed E-state index contributed by atoms with van der Waals surface area (Å²) in [5.74, 6) is -1.39. The maximum absolute atomic E-state index is 10.9. The minimum Gasteiger partial charge on any atom is -0.481 e. The highest BCUT2D eigenvalue weighted by molar-refractivity contribution is 7.72. The van der Waals surface area contributed by atoms with Crippen molar-refractivity contribution < 1.29 is 43.7 Å². The van der Waals surface area contributed by atoms with Gasteiger partial charge in [0.05, 0.1) is 6.04 Å². The molecule has 0 heterocycles. The molecule has 10 nitrogen and oxygen atoms in total. The predicted octanol–water partition coefficient (Wildman–Crippen LogP) is -1.82. The highest BCUT2D eigenvalue weighted by Gasteiger charge is 2.63. The third-order valence-corrected chi connectivity index (χ3v) is 5.97. The minimum atomic E-state index is -5.65. The summed E-state index contributed by atoms with van der Waals surface area (Å²) in [6.45, 7) is 0. The summed E-state index contributed by atoms with van der Waals surface area (Å²) in [7, 11) is -11.3. The third kappa shape index (κ3) is 3.57. The van der Waals surface area contributed by atoms with Gasteiger partial charge in [-0.15, -0.1) is 0 Å². The number of nitrogens with two attached hydrogens (primary N) is 1. The standard InChI is InChI=1S/C5H13NO9P2/c6-3(1-2-4(7)8)5(9,16(10,11)12)17(13,14)15/h3,9H,1-2,6H2,(H,7,8)(H2,10,11,12)(H2,13,14,15)/t3-/m0/s1. The minimum absolute atomic E-state index is 0.705. The second kappa shape index (κ2) is 5.13. The Hall–Kier alpha value is -0.310. The molecule has 0 spiro atoms. The van der Waals surface area contributed by atoms with Crippen molar-refractivity contribution in [1.82, 2.24) is 0 Å². The Balaban J connectivity index is 5.30. The van der Waals surface area contributed by atoms with E-state index in [2.05, 4.69) is 0 Å². The number of hydrogen-bond acceptors (Lipinski definition) is 5. The molecule has 17 heavy (non-hydrogen) atoms. The van der Waals surface area contributed by atoms with Crippen LogP contribution < -0.4 is 5.73 Å². The number of aliphatic hydroxyl groups is 1. The van der Waals surface area contributed by atoms with Gasteiger partial charge in [0.15, 0.2) is 0 Å². The van der Waals surface area contributed by atoms with E-state index in [0.29, 0.717) is 0 Å². The molecular weight excluding hydrogens is 280 g/mol. The van der Waals surface area contributed by atoms with Crippen LogP contribution in [0.4, 0.5) is 0 Å². The summed E-state index contributed by atoms with van der Waals surface area (Å²) in [4.78, 5) is 45.2. The van der Waals surface area contributed by atoms with Gasteiger partial charge in [-0.1, -0.05) is 0 Å². The van der Waals surface area contributed by atoms with Crippen LogP contribution in [0, 0.1) is 0 Å². The molecule has 0 rings (SSSR count). The first-order chi connectivity index (χ1) is 7.34. The average Bonchev–Trinajstić information content (AvgIpc) is 2.08. The largest absolute Gasteiger partial charge is 0.481 e. The summed E-state index contributed by atoms with van der Waals surface area (Å²) in [5, 5.41) is 13.9. The van der Waals surface area contributed by atoms with Gasteiger partial charge in [-0.25, -0.2) is 0 Å². The van der Waals surface area contributed by atoms with E-state index in [1.54, 1.807) is 0 Å². The van der Waals surface area contributed by atoms with E-state index in [1.807, 2.05) is 0 Å². The first-order valence-electron chi connectivity index (χ1n) is 4.15. The first kappa shape index (κ1) is 16.7. The van der Waals surface area contributed by atoms with E-state index in [0.717, 1.165) is 0 Å². The monoisotopic (exact) mass is 293 g/mol. The Bertz CT molecular complexity index is 361. The molecule has 0 aromatic rings. The highest BCUT2D eigenvalue weighted by atomic mass is 31.2. The van der Waals surface area contributed by atoms with Crippen molar-refractivity contribution in [3.8, 4) is 0 Å². The Morgan fingerprint density at radius 2 is 1.53 bits per heavy atom. The average molecular weight is 293 g/mol. The van der Waals surface area contributed by atoms with Gasteiger partial charge >= 0.3 is 21.2 Å². The van der Waals surface area contributed by atoms with Crippen LogP contribution in [0.3, 0.4) is 0 Å². The van der Waals surface area contributed by atoms with Crippen LogP contribution in [-0.4, -0.2) is 46.9 Å². The molecule has 0 aromatic heterocycles. The molecule has 0 radical (unpaired) electrons. The van der Waals surface area contributed by atoms with Gasteiger partial charge in [0, 0.05) is 6.42 Å². The molecule has 8 N–H and O–H groups in total. The summed E-state index contributed by atoms with van der Waals surface area (Å²) >= 11 is 0. The number of carboxylic acids is 1. The molecule has 0 saturated heterocycles. The van der Waals surface area contributed by atoms with E-state index >= 15 is 0 Å². The van der Waals surface area contributed by atoms with Crippen molar-refractivity contribution in [2.45, 2.75) is 24.0 Å². The van der Waals surface area contributed by atoms with Gasteiger partial charge in [0.25, 0.3) is 5.08 Å². The molecule has 0 unspecified atom stereocenters. The lowest BCUT2D eigenvalue weighted by Crippen LogP contribution is -2.47. The first-order valence-corrected chi connectivity index (χ1v) is 7.37. The third-order valence-electron chi connectivity index (χ3n) is 2.02. The second-order valence-corrected chi connectivity index (χ2v) is 7.21. The highest BCUT2D eigenvalue weighted by Crippen LogP contribution is 2.68. The lowest BCUT2D eigenvalue weighted by Gasteiger charge is -2.33. The lowest BCUT2D eigenvalue weighted by atomic mass is 10.2. The van der Waals surface area contributed by atoms with Crippen molar-refractivity contribution in [3.05, 3.63) is 0 Å². The van der Waals surface area contributed by atoms with E-state index in [1.165, 1.54) is 0 Å². The molecule has 0 amide bonds. The second-order valence-electron chi connectivity index (χ2n) is 3.31. The molecule has 102 valence electrons. The summed E-state index contributed by atoms with van der Waals surface area (Å²) in [6.07, 6.45) is -1.41. The van der Waals surface area contributed by atoms with Crippen LogP contribution >= 0.6 is 15.2 Å². The fraction of sp³-hybridized carbons (Fsp3) is 0.800. The van der Waals surface area contributed by atoms with Gasteiger partial charge in [0.2, 0.25) is 0 Å². The fourth-order valence-electron chi connectivity index (χ4n) is 1.07. The maximum atomic E-state index is 10.9. The molecule has 0 aromatic carbocycles. The molecular formula is C5H13NO9P2. The molecule has 0 bridgehead atoms. The zero-order valence-corrected chi connectivity index (χ0v) is 10.2. The molecule has 0 aliphatic rings. The predicted molar refractivity (Wildman–Crippen MR) is 53.9 cm³/mol. The Morgan fingerprint density at radius 1 is 1.18 bits per heavy atom. The Labute approximate surface area is 95.4 Å². The van der Waals surface area contributed by atoms with Crippen molar-refractivity contribution in [1.29, 1.82) is 0 Å². The normalized spacial score (nSPS) is 15.6. The molecule has 0 aliphatic carbocycles. The van der Waals surface area contributed by atoms with Crippen LogP contribution in [0.5, 0.6) is 0 Å². The topological polar surface area (TPSA) is 199 Å². The molecule has 0 fully saturated rings. The van der Waals surface area contributed by atoms with Gasteiger partial charge in [-0.3, -0.25) is 13.9 Å². The zero-order chi connectivity index (χ0) is 14.1. The van der Waals surface area contributed by atoms with Crippen molar-refractivity contribution in [2.24, 2.45) is 5.73 Å². The maximum Gasteiger partial charge on any atom is 0.371 e. The van der Waals surface area contributed by atoms with Gasteiger partial charge in [-0.05, 0) is 6.42 Å². The molecule has 12 heteroatoms. The summed E-state index contributed by atoms with van der Waals surface area (Å²) in [6, 6.07) is -2.08. The van der Waals surface area contributed by atoms with Gasteiger partial charge < -0.3 is 35.5 Å². The van der Waals surface area contributed by atoms with E-state index < -0.39 is 45.1 Å². The molecule has 1 atom stereocenters. The smallest absolute Gasteiger partial charge is 0.371 e. The number of carbonyl (C=O) groups is 1.